The van der Waals surface area contributed by atoms with Crippen molar-refractivity contribution in [1.29, 1.82) is 0 Å². The third-order valence-electron chi connectivity index (χ3n) is 4.21. The van der Waals surface area contributed by atoms with Crippen LogP contribution >= 0.6 is 0 Å². The summed E-state index contributed by atoms with van der Waals surface area (Å²) >= 11 is 0. The zero-order chi connectivity index (χ0) is 16.5. The van der Waals surface area contributed by atoms with Gasteiger partial charge in [0.1, 0.15) is 0 Å². The van der Waals surface area contributed by atoms with Crippen LogP contribution in [0.3, 0.4) is 0 Å². The van der Waals surface area contributed by atoms with Crippen LogP contribution in [0.4, 0.5) is 0 Å². The average Bonchev–Trinajstić information content (AvgIpc) is 2.57. The first-order chi connectivity index (χ1) is 11.2. The van der Waals surface area contributed by atoms with Crippen LogP contribution in [-0.2, 0) is 6.54 Å². The Hall–Kier alpha value is -1.43. The molecule has 0 aliphatic carbocycles. The van der Waals surface area contributed by atoms with E-state index in [-0.39, 0.29) is 5.91 Å². The first-order valence-corrected chi connectivity index (χ1v) is 8.68. The van der Waals surface area contributed by atoms with Gasteiger partial charge in [-0.2, -0.15) is 0 Å². The number of amides is 1. The molecule has 2 rings (SSSR count). The molecule has 0 unspecified atom stereocenters. The van der Waals surface area contributed by atoms with Gasteiger partial charge in [0.05, 0.1) is 0 Å². The molecule has 5 heteroatoms. The van der Waals surface area contributed by atoms with Crippen LogP contribution in [0, 0.1) is 0 Å². The average molecular weight is 318 g/mol. The Morgan fingerprint density at radius 3 is 2.65 bits per heavy atom. The number of carbonyl (C=O) groups excluding carboxylic acids is 1. The lowest BCUT2D eigenvalue weighted by Gasteiger charge is -2.32. The molecular formula is C18H30N4O. The molecule has 1 saturated heterocycles. The minimum atomic E-state index is 0.0172. The summed E-state index contributed by atoms with van der Waals surface area (Å²) in [7, 11) is 2.16. The van der Waals surface area contributed by atoms with Gasteiger partial charge in [0, 0.05) is 51.4 Å². The number of nitrogens with one attached hydrogen (secondary N) is 2. The van der Waals surface area contributed by atoms with Crippen LogP contribution in [0.1, 0.15) is 29.3 Å². The molecule has 0 saturated carbocycles. The highest BCUT2D eigenvalue weighted by Crippen LogP contribution is 2.10. The minimum absolute atomic E-state index is 0.0172. The van der Waals surface area contributed by atoms with Gasteiger partial charge in [-0.1, -0.05) is 19.1 Å². The number of nitrogens with zero attached hydrogens (tertiary/aromatic N) is 2. The van der Waals surface area contributed by atoms with E-state index in [0.29, 0.717) is 6.54 Å². The quantitative estimate of drug-likeness (QED) is 0.706. The summed E-state index contributed by atoms with van der Waals surface area (Å²) in [5.74, 6) is 0.0172. The van der Waals surface area contributed by atoms with Crippen molar-refractivity contribution < 1.29 is 4.79 Å². The first kappa shape index (κ1) is 17.9. The second-order valence-corrected chi connectivity index (χ2v) is 6.29. The second-order valence-electron chi connectivity index (χ2n) is 6.29. The number of carbonyl (C=O) groups is 1. The van der Waals surface area contributed by atoms with Crippen molar-refractivity contribution in [2.45, 2.75) is 19.9 Å². The van der Waals surface area contributed by atoms with E-state index >= 15 is 0 Å². The van der Waals surface area contributed by atoms with E-state index in [1.54, 1.807) is 0 Å². The maximum Gasteiger partial charge on any atom is 0.251 e. The van der Waals surface area contributed by atoms with Crippen LogP contribution in [0.5, 0.6) is 0 Å². The smallest absolute Gasteiger partial charge is 0.251 e. The van der Waals surface area contributed by atoms with Crippen molar-refractivity contribution in [2.75, 3.05) is 52.9 Å². The van der Waals surface area contributed by atoms with E-state index in [0.717, 1.165) is 57.8 Å². The van der Waals surface area contributed by atoms with Crippen molar-refractivity contribution in [1.82, 2.24) is 20.4 Å². The molecule has 0 aromatic heterocycles. The molecule has 1 aliphatic rings. The molecule has 128 valence electrons. The summed E-state index contributed by atoms with van der Waals surface area (Å²) in [5, 5.41) is 6.26. The Morgan fingerprint density at radius 1 is 1.13 bits per heavy atom. The summed E-state index contributed by atoms with van der Waals surface area (Å²) in [5.41, 5.74) is 1.97. The molecule has 0 atom stereocenters. The predicted molar refractivity (Wildman–Crippen MR) is 94.7 cm³/mol. The number of hydrogen-bond acceptors (Lipinski definition) is 4. The van der Waals surface area contributed by atoms with Gasteiger partial charge in [0.15, 0.2) is 0 Å². The molecule has 1 aliphatic heterocycles. The highest BCUT2D eigenvalue weighted by atomic mass is 16.1. The lowest BCUT2D eigenvalue weighted by atomic mass is 10.1. The van der Waals surface area contributed by atoms with Gasteiger partial charge in [-0.3, -0.25) is 9.69 Å². The van der Waals surface area contributed by atoms with Gasteiger partial charge in [-0.05, 0) is 37.7 Å². The fourth-order valence-electron chi connectivity index (χ4n) is 2.74. The number of piperazine rings is 1. The molecule has 1 heterocycles. The van der Waals surface area contributed by atoms with Gasteiger partial charge in [-0.25, -0.2) is 0 Å². The lowest BCUT2D eigenvalue weighted by Crippen LogP contribution is -2.43. The Balaban J connectivity index is 1.80. The third kappa shape index (κ3) is 6.29. The van der Waals surface area contributed by atoms with Crippen molar-refractivity contribution in [2.24, 2.45) is 0 Å². The Morgan fingerprint density at radius 2 is 1.91 bits per heavy atom. The molecule has 1 aromatic carbocycles. The molecule has 2 N–H and O–H groups in total. The SMILES string of the molecule is CCCNCCNC(=O)c1cccc(CN2CCN(C)CC2)c1. The van der Waals surface area contributed by atoms with Gasteiger partial charge >= 0.3 is 0 Å². The predicted octanol–water partition coefficient (Wildman–Crippen LogP) is 1.16. The van der Waals surface area contributed by atoms with Gasteiger partial charge in [0.25, 0.3) is 5.91 Å². The summed E-state index contributed by atoms with van der Waals surface area (Å²) in [6.45, 7) is 9.96. The van der Waals surface area contributed by atoms with Crippen LogP contribution < -0.4 is 10.6 Å². The van der Waals surface area contributed by atoms with Crippen LogP contribution in [0.25, 0.3) is 0 Å². The molecule has 5 nitrogen and oxygen atoms in total. The maximum absolute atomic E-state index is 12.2. The van der Waals surface area contributed by atoms with E-state index in [4.69, 9.17) is 0 Å². The van der Waals surface area contributed by atoms with Gasteiger partial charge < -0.3 is 15.5 Å². The number of rotatable bonds is 8. The fraction of sp³-hybridized carbons (Fsp3) is 0.611. The van der Waals surface area contributed by atoms with Gasteiger partial charge in [-0.15, -0.1) is 0 Å². The molecule has 0 spiro atoms. The Labute approximate surface area is 140 Å². The number of likely N-dealkylation sites (N-methyl/N-ethyl adjacent to an activating group) is 1. The maximum atomic E-state index is 12.2. The zero-order valence-electron chi connectivity index (χ0n) is 14.5. The Kier molecular flexibility index (Phi) is 7.52. The molecule has 1 amide bonds. The van der Waals surface area contributed by atoms with E-state index in [2.05, 4.69) is 40.5 Å². The normalized spacial score (nSPS) is 16.4. The lowest BCUT2D eigenvalue weighted by molar-refractivity contribution is 0.0953. The molecule has 1 aromatic rings. The number of benzene rings is 1. The van der Waals surface area contributed by atoms with Crippen LogP contribution in [-0.4, -0.2) is 68.6 Å². The standard InChI is InChI=1S/C18H30N4O/c1-3-7-19-8-9-20-18(23)17-6-4-5-16(14-17)15-22-12-10-21(2)11-13-22/h4-6,14,19H,3,7-13,15H2,1-2H3,(H,20,23). The minimum Gasteiger partial charge on any atom is -0.351 e. The van der Waals surface area contributed by atoms with Crippen LogP contribution in [0.2, 0.25) is 0 Å². The zero-order valence-corrected chi connectivity index (χ0v) is 14.5. The molecular weight excluding hydrogens is 288 g/mol. The summed E-state index contributed by atoms with van der Waals surface area (Å²) in [6, 6.07) is 8.00. The van der Waals surface area contributed by atoms with E-state index in [1.807, 2.05) is 18.2 Å². The molecule has 1 fully saturated rings. The van der Waals surface area contributed by atoms with E-state index in [1.165, 1.54) is 5.56 Å². The third-order valence-corrected chi connectivity index (χ3v) is 4.21. The van der Waals surface area contributed by atoms with E-state index < -0.39 is 0 Å². The summed E-state index contributed by atoms with van der Waals surface area (Å²) in [4.78, 5) is 17.0. The topological polar surface area (TPSA) is 47.6 Å². The number of hydrogen-bond donors (Lipinski definition) is 2. The highest BCUT2D eigenvalue weighted by molar-refractivity contribution is 5.94. The second kappa shape index (κ2) is 9.65. The van der Waals surface area contributed by atoms with Gasteiger partial charge in [0.2, 0.25) is 0 Å². The molecule has 0 bridgehead atoms. The van der Waals surface area contributed by atoms with Crippen LogP contribution in [0.15, 0.2) is 24.3 Å². The largest absolute Gasteiger partial charge is 0.351 e. The summed E-state index contributed by atoms with van der Waals surface area (Å²) < 4.78 is 0. The van der Waals surface area contributed by atoms with E-state index in [9.17, 15) is 4.79 Å². The van der Waals surface area contributed by atoms with Crippen molar-refractivity contribution in [3.8, 4) is 0 Å². The fourth-order valence-corrected chi connectivity index (χ4v) is 2.74. The monoisotopic (exact) mass is 318 g/mol. The van der Waals surface area contributed by atoms with Crippen molar-refractivity contribution >= 4 is 5.91 Å². The molecule has 23 heavy (non-hydrogen) atoms. The van der Waals surface area contributed by atoms with Crippen molar-refractivity contribution in [3.05, 3.63) is 35.4 Å². The molecule has 0 radical (unpaired) electrons. The first-order valence-electron chi connectivity index (χ1n) is 8.68. The summed E-state index contributed by atoms with van der Waals surface area (Å²) in [6.07, 6.45) is 1.11. The Bertz CT molecular complexity index is 484. The van der Waals surface area contributed by atoms with Crippen molar-refractivity contribution in [3.63, 3.8) is 0 Å². The highest BCUT2D eigenvalue weighted by Gasteiger charge is 2.14.